The fraction of sp³-hybridized carbons (Fsp3) is 0.300. The molecule has 0 spiro atoms. The van der Waals surface area contributed by atoms with E-state index in [9.17, 15) is 9.59 Å². The predicted octanol–water partition coefficient (Wildman–Crippen LogP) is 4.20. The van der Waals surface area contributed by atoms with Crippen molar-refractivity contribution in [1.82, 2.24) is 0 Å². The zero-order valence-corrected chi connectivity index (χ0v) is 15.1. The number of hydrogen-bond donors (Lipinski definition) is 1. The number of hydrogen-bond acceptors (Lipinski definition) is 2. The largest absolute Gasteiger partial charge is 0.326 e. The van der Waals surface area contributed by atoms with Gasteiger partial charge >= 0.3 is 0 Å². The minimum Gasteiger partial charge on any atom is -0.326 e. The fourth-order valence-corrected chi connectivity index (χ4v) is 3.27. The van der Waals surface area contributed by atoms with Crippen LogP contribution in [0.2, 0.25) is 5.02 Å². The molecule has 1 aliphatic rings. The van der Waals surface area contributed by atoms with Crippen LogP contribution in [-0.4, -0.2) is 18.4 Å². The van der Waals surface area contributed by atoms with Gasteiger partial charge in [0, 0.05) is 29.4 Å². The van der Waals surface area contributed by atoms with Crippen LogP contribution in [0.25, 0.3) is 0 Å². The normalized spacial score (nSPS) is 17.0. The fourth-order valence-electron chi connectivity index (χ4n) is 3.05. The van der Waals surface area contributed by atoms with Crippen LogP contribution >= 0.6 is 11.6 Å². The molecule has 1 atom stereocenters. The van der Waals surface area contributed by atoms with E-state index in [2.05, 4.69) is 12.2 Å². The number of anilines is 2. The average molecular weight is 357 g/mol. The zero-order chi connectivity index (χ0) is 18.0. The minimum absolute atomic E-state index is 0.0165. The zero-order valence-electron chi connectivity index (χ0n) is 14.4. The summed E-state index contributed by atoms with van der Waals surface area (Å²) in [4.78, 5) is 26.6. The molecule has 1 N–H and O–H groups in total. The van der Waals surface area contributed by atoms with E-state index in [0.717, 1.165) is 23.4 Å². The second-order valence-corrected chi connectivity index (χ2v) is 6.81. The molecule has 3 rings (SSSR count). The smallest absolute Gasteiger partial charge is 0.229 e. The molecule has 1 aliphatic heterocycles. The van der Waals surface area contributed by atoms with Gasteiger partial charge < -0.3 is 10.2 Å². The van der Waals surface area contributed by atoms with Crippen molar-refractivity contribution in [2.45, 2.75) is 26.7 Å². The van der Waals surface area contributed by atoms with Crippen LogP contribution in [0.5, 0.6) is 0 Å². The van der Waals surface area contributed by atoms with Gasteiger partial charge in [0.15, 0.2) is 0 Å². The first-order chi connectivity index (χ1) is 12.0. The summed E-state index contributed by atoms with van der Waals surface area (Å²) >= 11 is 5.94. The number of carbonyl (C=O) groups is 2. The third-order valence-corrected chi connectivity index (χ3v) is 4.83. The van der Waals surface area contributed by atoms with Crippen molar-refractivity contribution < 1.29 is 9.59 Å². The molecule has 1 fully saturated rings. The number of nitrogens with zero attached hydrogens (tertiary/aromatic N) is 1. The monoisotopic (exact) mass is 356 g/mol. The lowest BCUT2D eigenvalue weighted by molar-refractivity contribution is -0.122. The molecule has 5 heteroatoms. The molecule has 0 saturated carbocycles. The van der Waals surface area contributed by atoms with Gasteiger partial charge in [-0.3, -0.25) is 9.59 Å². The summed E-state index contributed by atoms with van der Waals surface area (Å²) < 4.78 is 0. The van der Waals surface area contributed by atoms with Crippen LogP contribution in [0.3, 0.4) is 0 Å². The standard InChI is InChI=1S/C20H21ClN2O2/c1-3-14-4-7-17(8-5-14)23-12-15(11-19(23)24)20(25)22-18-9-6-16(21)10-13(18)2/h4-10,15H,3,11-12H2,1-2H3,(H,22,25)/t15-/m0/s1. The number of amides is 2. The second kappa shape index (κ2) is 7.28. The van der Waals surface area contributed by atoms with E-state index < -0.39 is 0 Å². The Bertz CT molecular complexity index is 802. The Morgan fingerprint density at radius 3 is 2.60 bits per heavy atom. The van der Waals surface area contributed by atoms with Crippen molar-refractivity contribution in [1.29, 1.82) is 0 Å². The van der Waals surface area contributed by atoms with Crippen LogP contribution in [0.1, 0.15) is 24.5 Å². The molecule has 2 amide bonds. The lowest BCUT2D eigenvalue weighted by Gasteiger charge is -2.17. The van der Waals surface area contributed by atoms with Crippen LogP contribution in [0.4, 0.5) is 11.4 Å². The van der Waals surface area contributed by atoms with E-state index >= 15 is 0 Å². The minimum atomic E-state index is -0.353. The highest BCUT2D eigenvalue weighted by Gasteiger charge is 2.35. The number of carbonyl (C=O) groups excluding carboxylic acids is 2. The third-order valence-electron chi connectivity index (χ3n) is 4.60. The van der Waals surface area contributed by atoms with Gasteiger partial charge in [0.2, 0.25) is 11.8 Å². The highest BCUT2D eigenvalue weighted by Crippen LogP contribution is 2.27. The Hall–Kier alpha value is -2.33. The van der Waals surface area contributed by atoms with Gasteiger partial charge in [-0.15, -0.1) is 0 Å². The van der Waals surface area contributed by atoms with Gasteiger partial charge in [0.05, 0.1) is 5.92 Å². The van der Waals surface area contributed by atoms with Gasteiger partial charge in [-0.2, -0.15) is 0 Å². The Kier molecular flexibility index (Phi) is 5.09. The van der Waals surface area contributed by atoms with Crippen molar-refractivity contribution in [2.24, 2.45) is 5.92 Å². The van der Waals surface area contributed by atoms with E-state index in [1.807, 2.05) is 31.2 Å². The van der Waals surface area contributed by atoms with Crippen LogP contribution in [0, 0.1) is 12.8 Å². The van der Waals surface area contributed by atoms with Crippen molar-refractivity contribution in [3.63, 3.8) is 0 Å². The van der Waals surface area contributed by atoms with Gasteiger partial charge in [-0.1, -0.05) is 30.7 Å². The van der Waals surface area contributed by atoms with Crippen LogP contribution < -0.4 is 10.2 Å². The summed E-state index contributed by atoms with van der Waals surface area (Å²) in [5, 5.41) is 3.55. The van der Waals surface area contributed by atoms with Crippen LogP contribution in [0.15, 0.2) is 42.5 Å². The second-order valence-electron chi connectivity index (χ2n) is 6.37. The van der Waals surface area contributed by atoms with E-state index in [1.165, 1.54) is 5.56 Å². The SMILES string of the molecule is CCc1ccc(N2C[C@@H](C(=O)Nc3ccc(Cl)cc3C)CC2=O)cc1. The number of rotatable bonds is 4. The van der Waals surface area contributed by atoms with Gasteiger partial charge in [0.1, 0.15) is 0 Å². The number of aryl methyl sites for hydroxylation is 2. The first-order valence-corrected chi connectivity index (χ1v) is 8.82. The lowest BCUT2D eigenvalue weighted by Crippen LogP contribution is -2.28. The maximum absolute atomic E-state index is 12.6. The number of halogens is 1. The molecule has 25 heavy (non-hydrogen) atoms. The molecule has 1 heterocycles. The molecule has 0 radical (unpaired) electrons. The summed E-state index contributed by atoms with van der Waals surface area (Å²) in [7, 11) is 0. The Balaban J connectivity index is 1.69. The summed E-state index contributed by atoms with van der Waals surface area (Å²) in [5.74, 6) is -0.503. The Labute approximate surface area is 152 Å². The quantitative estimate of drug-likeness (QED) is 0.892. The highest BCUT2D eigenvalue weighted by molar-refractivity contribution is 6.30. The molecule has 130 valence electrons. The van der Waals surface area contributed by atoms with E-state index in [4.69, 9.17) is 11.6 Å². The van der Waals surface area contributed by atoms with Crippen molar-refractivity contribution in [3.05, 3.63) is 58.6 Å². The lowest BCUT2D eigenvalue weighted by atomic mass is 10.1. The van der Waals surface area contributed by atoms with Crippen LogP contribution in [-0.2, 0) is 16.0 Å². The molecule has 2 aromatic carbocycles. The molecule has 0 bridgehead atoms. The molecule has 2 aromatic rings. The van der Waals surface area contributed by atoms with Gasteiger partial charge in [-0.05, 0) is 54.8 Å². The number of benzene rings is 2. The molecular weight excluding hydrogens is 336 g/mol. The molecule has 1 saturated heterocycles. The van der Waals surface area contributed by atoms with E-state index in [0.29, 0.717) is 11.6 Å². The third kappa shape index (κ3) is 3.85. The highest BCUT2D eigenvalue weighted by atomic mass is 35.5. The molecule has 4 nitrogen and oxygen atoms in total. The summed E-state index contributed by atoms with van der Waals surface area (Å²) in [6.45, 7) is 4.39. The molecule has 0 aliphatic carbocycles. The van der Waals surface area contributed by atoms with Crippen molar-refractivity contribution in [3.8, 4) is 0 Å². The van der Waals surface area contributed by atoms with E-state index in [-0.39, 0.29) is 24.2 Å². The first-order valence-electron chi connectivity index (χ1n) is 8.44. The first kappa shape index (κ1) is 17.5. The summed E-state index contributed by atoms with van der Waals surface area (Å²) in [6.07, 6.45) is 1.19. The Morgan fingerprint density at radius 1 is 1.24 bits per heavy atom. The number of nitrogens with one attached hydrogen (secondary N) is 1. The van der Waals surface area contributed by atoms with Gasteiger partial charge in [0.25, 0.3) is 0 Å². The summed E-state index contributed by atoms with van der Waals surface area (Å²) in [6, 6.07) is 13.3. The Morgan fingerprint density at radius 2 is 1.96 bits per heavy atom. The molecular formula is C20H21ClN2O2. The molecule has 0 aromatic heterocycles. The average Bonchev–Trinajstić information content (AvgIpc) is 2.99. The predicted molar refractivity (Wildman–Crippen MR) is 101 cm³/mol. The topological polar surface area (TPSA) is 49.4 Å². The van der Waals surface area contributed by atoms with Crippen molar-refractivity contribution >= 4 is 34.8 Å². The van der Waals surface area contributed by atoms with Crippen molar-refractivity contribution in [2.75, 3.05) is 16.8 Å². The maximum atomic E-state index is 12.6. The van der Waals surface area contributed by atoms with E-state index in [1.54, 1.807) is 23.1 Å². The van der Waals surface area contributed by atoms with Gasteiger partial charge in [-0.25, -0.2) is 0 Å². The molecule has 0 unspecified atom stereocenters. The summed E-state index contributed by atoms with van der Waals surface area (Å²) in [5.41, 5.74) is 3.70. The maximum Gasteiger partial charge on any atom is 0.229 e.